The van der Waals surface area contributed by atoms with Crippen LogP contribution in [0.5, 0.6) is 23.0 Å². The summed E-state index contributed by atoms with van der Waals surface area (Å²) >= 11 is 0. The summed E-state index contributed by atoms with van der Waals surface area (Å²) < 4.78 is 21.5. The summed E-state index contributed by atoms with van der Waals surface area (Å²) in [5.41, 5.74) is 3.77. The molecule has 246 valence electrons. The van der Waals surface area contributed by atoms with Crippen LogP contribution >= 0.6 is 0 Å². The molecule has 4 aromatic carbocycles. The largest absolute Gasteiger partial charge is 0.423 e. The molecule has 0 spiro atoms. The standard InChI is InChI=1S/C42H30O8/c1-7-39(43)47-34-20-13-30(14-21-34)15-24-36-37(49-41(45)27(3)4)25-31(26-38(36)50-42(46)28(5)6)10-9-29-11-16-32(17-12-29)33-18-22-35(23-19-33)48-40(44)8-2/h7-8,11-14,16-23,25-26H,1-3,5H2,4,6H3. The molecule has 0 aliphatic carbocycles. The molecular weight excluding hydrogens is 632 g/mol. The molecule has 4 rings (SSSR count). The Morgan fingerprint density at radius 3 is 1.30 bits per heavy atom. The summed E-state index contributed by atoms with van der Waals surface area (Å²) in [5, 5.41) is 0. The van der Waals surface area contributed by atoms with Gasteiger partial charge in [-0.05, 0) is 85.6 Å². The van der Waals surface area contributed by atoms with E-state index in [9.17, 15) is 19.2 Å². The van der Waals surface area contributed by atoms with Gasteiger partial charge in [-0.25, -0.2) is 19.2 Å². The van der Waals surface area contributed by atoms with Gasteiger partial charge in [-0.15, -0.1) is 0 Å². The van der Waals surface area contributed by atoms with E-state index >= 15 is 0 Å². The van der Waals surface area contributed by atoms with Crippen LogP contribution in [0, 0.1) is 23.7 Å². The molecule has 0 unspecified atom stereocenters. The number of carbonyl (C=O) groups excluding carboxylic acids is 4. The molecule has 0 radical (unpaired) electrons. The minimum Gasteiger partial charge on any atom is -0.423 e. The minimum atomic E-state index is -0.716. The van der Waals surface area contributed by atoms with E-state index in [0.29, 0.717) is 28.2 Å². The molecule has 8 nitrogen and oxygen atoms in total. The van der Waals surface area contributed by atoms with Crippen LogP contribution in [0.15, 0.2) is 135 Å². The summed E-state index contributed by atoms with van der Waals surface area (Å²) in [6.07, 6.45) is 2.14. The Morgan fingerprint density at radius 2 is 0.880 bits per heavy atom. The molecule has 0 atom stereocenters. The van der Waals surface area contributed by atoms with Crippen molar-refractivity contribution < 1.29 is 38.1 Å². The van der Waals surface area contributed by atoms with Crippen molar-refractivity contribution >= 4 is 23.9 Å². The van der Waals surface area contributed by atoms with E-state index in [1.54, 1.807) is 36.4 Å². The normalized spacial score (nSPS) is 9.72. The lowest BCUT2D eigenvalue weighted by Crippen LogP contribution is -2.12. The van der Waals surface area contributed by atoms with E-state index in [2.05, 4.69) is 50.0 Å². The molecule has 0 heterocycles. The van der Waals surface area contributed by atoms with E-state index in [4.69, 9.17) is 18.9 Å². The Bertz CT molecular complexity index is 2100. The monoisotopic (exact) mass is 662 g/mol. The van der Waals surface area contributed by atoms with Gasteiger partial charge in [0.1, 0.15) is 17.1 Å². The Labute approximate surface area is 290 Å². The molecule has 0 aromatic heterocycles. The average molecular weight is 663 g/mol. The lowest BCUT2D eigenvalue weighted by atomic mass is 10.0. The van der Waals surface area contributed by atoms with Gasteiger partial charge in [-0.1, -0.05) is 74.3 Å². The molecule has 50 heavy (non-hydrogen) atoms. The lowest BCUT2D eigenvalue weighted by molar-refractivity contribution is -0.130. The van der Waals surface area contributed by atoms with Gasteiger partial charge in [-0.3, -0.25) is 0 Å². The molecule has 0 aliphatic rings. The van der Waals surface area contributed by atoms with Crippen molar-refractivity contribution in [1.29, 1.82) is 0 Å². The Balaban J connectivity index is 1.70. The number of hydrogen-bond donors (Lipinski definition) is 0. The second-order valence-electron chi connectivity index (χ2n) is 10.6. The van der Waals surface area contributed by atoms with Gasteiger partial charge in [0.05, 0.1) is 0 Å². The zero-order valence-electron chi connectivity index (χ0n) is 27.3. The van der Waals surface area contributed by atoms with Gasteiger partial charge in [-0.2, -0.15) is 0 Å². The number of ether oxygens (including phenoxy) is 4. The van der Waals surface area contributed by atoms with Crippen molar-refractivity contribution in [1.82, 2.24) is 0 Å². The fourth-order valence-corrected chi connectivity index (χ4v) is 3.98. The third-order valence-electron chi connectivity index (χ3n) is 6.55. The molecule has 4 aromatic rings. The van der Waals surface area contributed by atoms with Crippen LogP contribution in [0.3, 0.4) is 0 Å². The third-order valence-corrected chi connectivity index (χ3v) is 6.55. The summed E-state index contributed by atoms with van der Waals surface area (Å²) in [6, 6.07) is 23.9. The van der Waals surface area contributed by atoms with E-state index in [0.717, 1.165) is 23.3 Å². The van der Waals surface area contributed by atoms with E-state index < -0.39 is 23.9 Å². The van der Waals surface area contributed by atoms with Crippen molar-refractivity contribution in [3.63, 3.8) is 0 Å². The quantitative estimate of drug-likeness (QED) is 0.0796. The predicted molar refractivity (Wildman–Crippen MR) is 189 cm³/mol. The van der Waals surface area contributed by atoms with E-state index in [1.165, 1.54) is 26.0 Å². The number of benzene rings is 4. The molecular formula is C42H30O8. The van der Waals surface area contributed by atoms with Gasteiger partial charge in [0.15, 0.2) is 11.5 Å². The molecule has 0 bridgehead atoms. The first-order valence-electron chi connectivity index (χ1n) is 14.9. The maximum absolute atomic E-state index is 12.6. The predicted octanol–water partition coefficient (Wildman–Crippen LogP) is 7.30. The van der Waals surface area contributed by atoms with Gasteiger partial charge in [0.2, 0.25) is 0 Å². The molecule has 0 N–H and O–H groups in total. The fourth-order valence-electron chi connectivity index (χ4n) is 3.98. The smallest absolute Gasteiger partial charge is 0.338 e. The Kier molecular flexibility index (Phi) is 11.8. The van der Waals surface area contributed by atoms with Crippen molar-refractivity contribution in [3.05, 3.63) is 157 Å². The topological polar surface area (TPSA) is 105 Å². The zero-order valence-corrected chi connectivity index (χ0v) is 27.3. The number of esters is 4. The zero-order chi connectivity index (χ0) is 36.2. The molecule has 0 aliphatic heterocycles. The lowest BCUT2D eigenvalue weighted by Gasteiger charge is -2.12. The first kappa shape index (κ1) is 35.7. The van der Waals surface area contributed by atoms with Gasteiger partial charge >= 0.3 is 23.9 Å². The van der Waals surface area contributed by atoms with Crippen molar-refractivity contribution in [2.45, 2.75) is 13.8 Å². The van der Waals surface area contributed by atoms with Gasteiger partial charge in [0, 0.05) is 40.0 Å². The van der Waals surface area contributed by atoms with Gasteiger partial charge < -0.3 is 18.9 Å². The van der Waals surface area contributed by atoms with Crippen LogP contribution in [0.1, 0.15) is 36.1 Å². The first-order chi connectivity index (χ1) is 23.9. The maximum Gasteiger partial charge on any atom is 0.338 e. The molecule has 8 heteroatoms. The van der Waals surface area contributed by atoms with Crippen molar-refractivity contribution in [2.24, 2.45) is 0 Å². The molecule has 0 saturated heterocycles. The fraction of sp³-hybridized carbons (Fsp3) is 0.0476. The highest BCUT2D eigenvalue weighted by atomic mass is 16.6. The van der Waals surface area contributed by atoms with Crippen LogP contribution in [0.4, 0.5) is 0 Å². The highest BCUT2D eigenvalue weighted by Crippen LogP contribution is 2.32. The highest BCUT2D eigenvalue weighted by Gasteiger charge is 2.18. The summed E-state index contributed by atoms with van der Waals surface area (Å²) in [5.74, 6) is 10.1. The van der Waals surface area contributed by atoms with Crippen LogP contribution < -0.4 is 18.9 Å². The minimum absolute atomic E-state index is 0.00378. The molecule has 0 saturated carbocycles. The van der Waals surface area contributed by atoms with Crippen LogP contribution in [0.2, 0.25) is 0 Å². The van der Waals surface area contributed by atoms with Crippen LogP contribution in [0.25, 0.3) is 11.1 Å². The molecule has 0 fully saturated rings. The SMILES string of the molecule is C=CC(=O)Oc1ccc(C#Cc2c(OC(=O)C(=C)C)cc(C#Cc3ccc(-c4ccc(OC(=O)C=C)cc4)cc3)cc2OC(=O)C(=C)C)cc1. The number of rotatable bonds is 9. The molecule has 0 amide bonds. The summed E-state index contributed by atoms with van der Waals surface area (Å²) in [6.45, 7) is 17.1. The number of carbonyl (C=O) groups is 4. The second-order valence-corrected chi connectivity index (χ2v) is 10.6. The second kappa shape index (κ2) is 16.6. The summed E-state index contributed by atoms with van der Waals surface area (Å²) in [7, 11) is 0. The first-order valence-corrected chi connectivity index (χ1v) is 14.9. The highest BCUT2D eigenvalue weighted by molar-refractivity contribution is 5.91. The van der Waals surface area contributed by atoms with Gasteiger partial charge in [0.25, 0.3) is 0 Å². The maximum atomic E-state index is 12.6. The van der Waals surface area contributed by atoms with Crippen LogP contribution in [-0.4, -0.2) is 23.9 Å². The van der Waals surface area contributed by atoms with E-state index in [-0.39, 0.29) is 28.2 Å². The van der Waals surface area contributed by atoms with E-state index in [1.807, 2.05) is 36.4 Å². The van der Waals surface area contributed by atoms with Crippen molar-refractivity contribution in [2.75, 3.05) is 0 Å². The third kappa shape index (κ3) is 9.92. The Morgan fingerprint density at radius 1 is 0.520 bits per heavy atom. The van der Waals surface area contributed by atoms with Crippen LogP contribution in [-0.2, 0) is 19.2 Å². The Hall–Kier alpha value is -7.16. The average Bonchev–Trinajstić information content (AvgIpc) is 3.11. The summed E-state index contributed by atoms with van der Waals surface area (Å²) in [4.78, 5) is 48.2. The van der Waals surface area contributed by atoms with Crippen molar-refractivity contribution in [3.8, 4) is 57.8 Å². The number of hydrogen-bond acceptors (Lipinski definition) is 8.